The van der Waals surface area contributed by atoms with Crippen LogP contribution >= 0.6 is 0 Å². The minimum absolute atomic E-state index is 0.126. The SMILES string of the molecule is CCCCCCCCn1cc(CN2CCCCC2)c2ccc(F)cc21. The van der Waals surface area contributed by atoms with Crippen molar-refractivity contribution in [2.75, 3.05) is 13.1 Å². The third-order valence-electron chi connectivity index (χ3n) is 5.52. The van der Waals surface area contributed by atoms with Gasteiger partial charge >= 0.3 is 0 Å². The van der Waals surface area contributed by atoms with E-state index in [1.165, 1.54) is 81.8 Å². The maximum Gasteiger partial charge on any atom is 0.125 e. The Morgan fingerprint density at radius 3 is 2.52 bits per heavy atom. The summed E-state index contributed by atoms with van der Waals surface area (Å²) in [4.78, 5) is 2.55. The van der Waals surface area contributed by atoms with Gasteiger partial charge in [-0.3, -0.25) is 4.90 Å². The van der Waals surface area contributed by atoms with Crippen LogP contribution in [0.25, 0.3) is 10.9 Å². The van der Waals surface area contributed by atoms with Crippen molar-refractivity contribution in [1.82, 2.24) is 9.47 Å². The average Bonchev–Trinajstić information content (AvgIpc) is 2.95. The highest BCUT2D eigenvalue weighted by atomic mass is 19.1. The number of aromatic nitrogens is 1. The fourth-order valence-corrected chi connectivity index (χ4v) is 4.07. The molecule has 0 spiro atoms. The molecule has 0 atom stereocenters. The molecule has 0 unspecified atom stereocenters. The van der Waals surface area contributed by atoms with Crippen molar-refractivity contribution >= 4 is 10.9 Å². The Balaban J connectivity index is 1.67. The number of rotatable bonds is 9. The molecule has 0 N–H and O–H groups in total. The van der Waals surface area contributed by atoms with Crippen LogP contribution in [0.15, 0.2) is 24.4 Å². The molecule has 2 nitrogen and oxygen atoms in total. The monoisotopic (exact) mass is 344 g/mol. The molecule has 1 aromatic heterocycles. The normalized spacial score (nSPS) is 15.9. The number of hydrogen-bond acceptors (Lipinski definition) is 1. The van der Waals surface area contributed by atoms with Gasteiger partial charge in [0.2, 0.25) is 0 Å². The molecule has 1 saturated heterocycles. The van der Waals surface area contributed by atoms with Gasteiger partial charge in [-0.1, -0.05) is 45.4 Å². The average molecular weight is 345 g/mol. The summed E-state index contributed by atoms with van der Waals surface area (Å²) >= 11 is 0. The van der Waals surface area contributed by atoms with E-state index in [2.05, 4.69) is 22.6 Å². The van der Waals surface area contributed by atoms with E-state index < -0.39 is 0 Å². The van der Waals surface area contributed by atoms with Crippen LogP contribution in [0.5, 0.6) is 0 Å². The Bertz CT molecular complexity index is 655. The zero-order chi connectivity index (χ0) is 17.5. The molecule has 2 aromatic rings. The second-order valence-electron chi connectivity index (χ2n) is 7.61. The minimum Gasteiger partial charge on any atom is -0.347 e. The van der Waals surface area contributed by atoms with Crippen LogP contribution in [-0.4, -0.2) is 22.6 Å². The Hall–Kier alpha value is -1.35. The Labute approximate surface area is 152 Å². The largest absolute Gasteiger partial charge is 0.347 e. The van der Waals surface area contributed by atoms with Crippen molar-refractivity contribution in [3.05, 3.63) is 35.8 Å². The predicted molar refractivity (Wildman–Crippen MR) is 104 cm³/mol. The molecule has 1 aliphatic rings. The number of fused-ring (bicyclic) bond motifs is 1. The third-order valence-corrected chi connectivity index (χ3v) is 5.52. The number of hydrogen-bond donors (Lipinski definition) is 0. The van der Waals surface area contributed by atoms with Gasteiger partial charge < -0.3 is 4.57 Å². The second kappa shape index (κ2) is 9.38. The summed E-state index contributed by atoms with van der Waals surface area (Å²) in [5, 5.41) is 1.23. The lowest BCUT2D eigenvalue weighted by atomic mass is 10.1. The number of unbranched alkanes of at least 4 members (excludes halogenated alkanes) is 5. The van der Waals surface area contributed by atoms with Crippen molar-refractivity contribution in [2.24, 2.45) is 0 Å². The molecule has 0 saturated carbocycles. The first kappa shape index (κ1) is 18.4. The molecule has 3 heteroatoms. The molecule has 138 valence electrons. The number of piperidine rings is 1. The van der Waals surface area contributed by atoms with E-state index in [1.54, 1.807) is 12.1 Å². The Kier molecular flexibility index (Phi) is 6.92. The minimum atomic E-state index is -0.126. The number of benzene rings is 1. The van der Waals surface area contributed by atoms with Crippen LogP contribution in [0, 0.1) is 5.82 Å². The maximum atomic E-state index is 13.8. The zero-order valence-electron chi connectivity index (χ0n) is 15.8. The van der Waals surface area contributed by atoms with Crippen LogP contribution in [0.1, 0.15) is 70.3 Å². The van der Waals surface area contributed by atoms with E-state index in [1.807, 2.05) is 6.07 Å². The molecule has 0 radical (unpaired) electrons. The van der Waals surface area contributed by atoms with Crippen molar-refractivity contribution in [1.29, 1.82) is 0 Å². The predicted octanol–water partition coefficient (Wildman–Crippen LogP) is 6.13. The van der Waals surface area contributed by atoms with Gasteiger partial charge in [0.05, 0.1) is 5.52 Å². The fraction of sp³-hybridized carbons (Fsp3) is 0.636. The van der Waals surface area contributed by atoms with Crippen LogP contribution in [0.2, 0.25) is 0 Å². The van der Waals surface area contributed by atoms with Crippen molar-refractivity contribution < 1.29 is 4.39 Å². The van der Waals surface area contributed by atoms with E-state index in [-0.39, 0.29) is 5.82 Å². The van der Waals surface area contributed by atoms with Crippen molar-refractivity contribution in [3.8, 4) is 0 Å². The first-order valence-corrected chi connectivity index (χ1v) is 10.3. The highest BCUT2D eigenvalue weighted by Crippen LogP contribution is 2.25. The maximum absolute atomic E-state index is 13.8. The Morgan fingerprint density at radius 2 is 1.72 bits per heavy atom. The number of halogens is 1. The van der Waals surface area contributed by atoms with Crippen LogP contribution in [-0.2, 0) is 13.1 Å². The Morgan fingerprint density at radius 1 is 0.960 bits per heavy atom. The summed E-state index contributed by atoms with van der Waals surface area (Å²) in [6, 6.07) is 5.30. The smallest absolute Gasteiger partial charge is 0.125 e. The first-order chi connectivity index (χ1) is 12.3. The third kappa shape index (κ3) is 5.07. The van der Waals surface area contributed by atoms with E-state index in [0.29, 0.717) is 0 Å². The van der Waals surface area contributed by atoms with Crippen molar-refractivity contribution in [3.63, 3.8) is 0 Å². The summed E-state index contributed by atoms with van der Waals surface area (Å²) in [7, 11) is 0. The van der Waals surface area contributed by atoms with Crippen molar-refractivity contribution in [2.45, 2.75) is 77.8 Å². The molecule has 1 fully saturated rings. The summed E-state index contributed by atoms with van der Waals surface area (Å²) in [5.41, 5.74) is 2.43. The molecular formula is C22H33FN2. The van der Waals surface area contributed by atoms with Gasteiger partial charge in [0.25, 0.3) is 0 Å². The topological polar surface area (TPSA) is 8.17 Å². The highest BCUT2D eigenvalue weighted by Gasteiger charge is 2.15. The number of likely N-dealkylation sites (tertiary alicyclic amines) is 1. The van der Waals surface area contributed by atoms with Crippen LogP contribution in [0.4, 0.5) is 4.39 Å². The molecule has 1 aliphatic heterocycles. The number of nitrogens with zero attached hydrogens (tertiary/aromatic N) is 2. The lowest BCUT2D eigenvalue weighted by Crippen LogP contribution is -2.28. The molecule has 0 amide bonds. The molecule has 0 aliphatic carbocycles. The van der Waals surface area contributed by atoms with E-state index in [0.717, 1.165) is 18.6 Å². The molecule has 25 heavy (non-hydrogen) atoms. The van der Waals surface area contributed by atoms with E-state index >= 15 is 0 Å². The molecular weight excluding hydrogens is 311 g/mol. The van der Waals surface area contributed by atoms with E-state index in [9.17, 15) is 4.39 Å². The molecule has 2 heterocycles. The van der Waals surface area contributed by atoms with Gasteiger partial charge in [0.1, 0.15) is 5.82 Å². The molecule has 0 bridgehead atoms. The second-order valence-corrected chi connectivity index (χ2v) is 7.61. The van der Waals surface area contributed by atoms with Gasteiger partial charge in [0, 0.05) is 24.7 Å². The van der Waals surface area contributed by atoms with E-state index in [4.69, 9.17) is 0 Å². The summed E-state index contributed by atoms with van der Waals surface area (Å²) < 4.78 is 16.1. The quantitative estimate of drug-likeness (QED) is 0.497. The first-order valence-electron chi connectivity index (χ1n) is 10.3. The van der Waals surface area contributed by atoms with Gasteiger partial charge in [-0.15, -0.1) is 0 Å². The van der Waals surface area contributed by atoms with Gasteiger partial charge in [-0.2, -0.15) is 0 Å². The zero-order valence-corrected chi connectivity index (χ0v) is 15.8. The fourth-order valence-electron chi connectivity index (χ4n) is 4.07. The molecule has 1 aromatic carbocycles. The summed E-state index contributed by atoms with van der Waals surface area (Å²) in [6.07, 6.45) is 14.0. The van der Waals surface area contributed by atoms with Gasteiger partial charge in [-0.05, 0) is 56.1 Å². The van der Waals surface area contributed by atoms with Gasteiger partial charge in [-0.25, -0.2) is 4.39 Å². The summed E-state index contributed by atoms with van der Waals surface area (Å²) in [6.45, 7) is 6.67. The lowest BCUT2D eigenvalue weighted by molar-refractivity contribution is 0.221. The van der Waals surface area contributed by atoms with Crippen LogP contribution < -0.4 is 0 Å². The number of aryl methyl sites for hydroxylation is 1. The molecule has 3 rings (SSSR count). The standard InChI is InChI=1S/C22H33FN2/c1-2-3-4-5-6-10-15-25-18-19(17-24-13-8-7-9-14-24)21-12-11-20(23)16-22(21)25/h11-12,16,18H,2-10,13-15,17H2,1H3. The summed E-state index contributed by atoms with van der Waals surface area (Å²) in [5.74, 6) is -0.126. The lowest BCUT2D eigenvalue weighted by Gasteiger charge is -2.26. The van der Waals surface area contributed by atoms with Crippen LogP contribution in [0.3, 0.4) is 0 Å². The highest BCUT2D eigenvalue weighted by molar-refractivity contribution is 5.84. The van der Waals surface area contributed by atoms with Gasteiger partial charge in [0.15, 0.2) is 0 Å².